The molecule has 1 N–H and O–H groups in total. The lowest BCUT2D eigenvalue weighted by atomic mass is 10.2. The molecule has 0 amide bonds. The topological polar surface area (TPSA) is 72.0 Å². The maximum Gasteiger partial charge on any atom is 0.154 e. The van der Waals surface area contributed by atoms with Crippen LogP contribution in [0, 0.1) is 6.92 Å². The second kappa shape index (κ2) is 5.10. The van der Waals surface area contributed by atoms with Crippen LogP contribution in [0.15, 0.2) is 12.3 Å². The van der Waals surface area contributed by atoms with E-state index in [1.165, 1.54) is 0 Å². The van der Waals surface area contributed by atoms with Gasteiger partial charge < -0.3 is 5.32 Å². The van der Waals surface area contributed by atoms with Crippen LogP contribution in [-0.4, -0.2) is 35.9 Å². The van der Waals surface area contributed by atoms with E-state index in [9.17, 15) is 8.42 Å². The summed E-state index contributed by atoms with van der Waals surface area (Å²) >= 11 is 0. The summed E-state index contributed by atoms with van der Waals surface area (Å²) in [5.41, 5.74) is 0.896. The van der Waals surface area contributed by atoms with Crippen molar-refractivity contribution >= 4 is 9.84 Å². The standard InChI is InChI=1S/C11H17N3O2S/c1-9-13-5-4-10(14-9)7-12-8-11-3-2-6-17(11,15)16/h4-5,11-12H,2-3,6-8H2,1H3. The number of aromatic nitrogens is 2. The van der Waals surface area contributed by atoms with Crippen LogP contribution in [0.2, 0.25) is 0 Å². The molecule has 94 valence electrons. The predicted octanol–water partition coefficient (Wildman–Crippen LogP) is 0.452. The molecule has 1 aromatic heterocycles. The quantitative estimate of drug-likeness (QED) is 0.846. The van der Waals surface area contributed by atoms with E-state index in [0.29, 0.717) is 18.8 Å². The molecule has 17 heavy (non-hydrogen) atoms. The van der Waals surface area contributed by atoms with E-state index in [1.807, 2.05) is 13.0 Å². The Morgan fingerprint density at radius 2 is 2.35 bits per heavy atom. The highest BCUT2D eigenvalue weighted by Gasteiger charge is 2.30. The third kappa shape index (κ3) is 3.23. The number of sulfone groups is 1. The van der Waals surface area contributed by atoms with E-state index in [2.05, 4.69) is 15.3 Å². The molecule has 1 saturated heterocycles. The monoisotopic (exact) mass is 255 g/mol. The van der Waals surface area contributed by atoms with Crippen molar-refractivity contribution in [2.24, 2.45) is 0 Å². The predicted molar refractivity (Wildman–Crippen MR) is 65.3 cm³/mol. The normalized spacial score (nSPS) is 22.8. The van der Waals surface area contributed by atoms with Crippen LogP contribution < -0.4 is 5.32 Å². The molecule has 6 heteroatoms. The van der Waals surface area contributed by atoms with Gasteiger partial charge in [0.1, 0.15) is 5.82 Å². The van der Waals surface area contributed by atoms with E-state index < -0.39 is 9.84 Å². The second-order valence-corrected chi connectivity index (χ2v) is 6.76. The van der Waals surface area contributed by atoms with Crippen molar-refractivity contribution in [3.63, 3.8) is 0 Å². The number of hydrogen-bond acceptors (Lipinski definition) is 5. The fourth-order valence-corrected chi connectivity index (χ4v) is 3.85. The van der Waals surface area contributed by atoms with Crippen LogP contribution in [-0.2, 0) is 16.4 Å². The van der Waals surface area contributed by atoms with Crippen LogP contribution in [0.3, 0.4) is 0 Å². The largest absolute Gasteiger partial charge is 0.310 e. The van der Waals surface area contributed by atoms with Crippen molar-refractivity contribution in [2.75, 3.05) is 12.3 Å². The Hall–Kier alpha value is -1.01. The Kier molecular flexibility index (Phi) is 3.73. The number of rotatable bonds is 4. The van der Waals surface area contributed by atoms with Gasteiger partial charge in [0, 0.05) is 19.3 Å². The average Bonchev–Trinajstić information content (AvgIpc) is 2.58. The fraction of sp³-hybridized carbons (Fsp3) is 0.636. The molecule has 2 rings (SSSR count). The molecule has 0 radical (unpaired) electrons. The summed E-state index contributed by atoms with van der Waals surface area (Å²) in [6.07, 6.45) is 3.28. The molecule has 0 aliphatic carbocycles. The van der Waals surface area contributed by atoms with E-state index in [4.69, 9.17) is 0 Å². The first kappa shape index (κ1) is 12.4. The van der Waals surface area contributed by atoms with E-state index in [1.54, 1.807) is 6.20 Å². The highest BCUT2D eigenvalue weighted by molar-refractivity contribution is 7.92. The second-order valence-electron chi connectivity index (χ2n) is 4.36. The first-order valence-electron chi connectivity index (χ1n) is 5.79. The Labute approximate surface area is 102 Å². The summed E-state index contributed by atoms with van der Waals surface area (Å²) < 4.78 is 23.2. The van der Waals surface area contributed by atoms with Gasteiger partial charge in [-0.2, -0.15) is 0 Å². The molecule has 0 spiro atoms. The highest BCUT2D eigenvalue weighted by Crippen LogP contribution is 2.19. The molecule has 5 nitrogen and oxygen atoms in total. The van der Waals surface area contributed by atoms with Gasteiger partial charge in [0.2, 0.25) is 0 Å². The maximum absolute atomic E-state index is 11.6. The Morgan fingerprint density at radius 1 is 1.53 bits per heavy atom. The van der Waals surface area contributed by atoms with Crippen LogP contribution in [0.5, 0.6) is 0 Å². The van der Waals surface area contributed by atoms with Crippen molar-refractivity contribution in [3.05, 3.63) is 23.8 Å². The van der Waals surface area contributed by atoms with E-state index in [-0.39, 0.29) is 5.25 Å². The number of aryl methyl sites for hydroxylation is 1. The van der Waals surface area contributed by atoms with Crippen molar-refractivity contribution in [3.8, 4) is 0 Å². The van der Waals surface area contributed by atoms with E-state index >= 15 is 0 Å². The summed E-state index contributed by atoms with van der Waals surface area (Å²) in [5, 5.41) is 2.94. The van der Waals surface area contributed by atoms with Crippen LogP contribution in [0.4, 0.5) is 0 Å². The van der Waals surface area contributed by atoms with Crippen LogP contribution >= 0.6 is 0 Å². The Morgan fingerprint density at radius 3 is 3.00 bits per heavy atom. The molecule has 1 atom stereocenters. The van der Waals surface area contributed by atoms with Gasteiger partial charge in [-0.1, -0.05) is 0 Å². The lowest BCUT2D eigenvalue weighted by Crippen LogP contribution is -2.30. The summed E-state index contributed by atoms with van der Waals surface area (Å²) in [4.78, 5) is 8.26. The Balaban J connectivity index is 1.84. The molecule has 2 heterocycles. The van der Waals surface area contributed by atoms with Crippen LogP contribution in [0.25, 0.3) is 0 Å². The van der Waals surface area contributed by atoms with Crippen molar-refractivity contribution in [1.29, 1.82) is 0 Å². The summed E-state index contributed by atoms with van der Waals surface area (Å²) in [6, 6.07) is 1.84. The van der Waals surface area contributed by atoms with Gasteiger partial charge in [0.25, 0.3) is 0 Å². The lowest BCUT2D eigenvalue weighted by molar-refractivity contribution is 0.572. The summed E-state index contributed by atoms with van der Waals surface area (Å²) in [6.45, 7) is 2.95. The van der Waals surface area contributed by atoms with Crippen LogP contribution in [0.1, 0.15) is 24.4 Å². The van der Waals surface area contributed by atoms with Crippen molar-refractivity contribution < 1.29 is 8.42 Å². The first-order valence-corrected chi connectivity index (χ1v) is 7.50. The minimum absolute atomic E-state index is 0.217. The first-order chi connectivity index (χ1) is 8.08. The zero-order valence-corrected chi connectivity index (χ0v) is 10.7. The minimum atomic E-state index is -2.84. The minimum Gasteiger partial charge on any atom is -0.310 e. The molecular weight excluding hydrogens is 238 g/mol. The average molecular weight is 255 g/mol. The third-order valence-corrected chi connectivity index (χ3v) is 5.25. The summed E-state index contributed by atoms with van der Waals surface area (Å²) in [5.74, 6) is 1.07. The third-order valence-electron chi connectivity index (χ3n) is 2.97. The Bertz CT molecular complexity index is 487. The van der Waals surface area contributed by atoms with Crippen molar-refractivity contribution in [1.82, 2.24) is 15.3 Å². The molecule has 0 bridgehead atoms. The van der Waals surface area contributed by atoms with Gasteiger partial charge in [0.05, 0.1) is 16.7 Å². The van der Waals surface area contributed by atoms with E-state index in [0.717, 1.165) is 24.4 Å². The maximum atomic E-state index is 11.6. The zero-order chi connectivity index (χ0) is 12.3. The van der Waals surface area contributed by atoms with Gasteiger partial charge in [-0.25, -0.2) is 18.4 Å². The number of nitrogens with zero attached hydrogens (tertiary/aromatic N) is 2. The summed E-state index contributed by atoms with van der Waals surface area (Å²) in [7, 11) is -2.84. The molecule has 1 aliphatic heterocycles. The van der Waals surface area contributed by atoms with Gasteiger partial charge >= 0.3 is 0 Å². The zero-order valence-electron chi connectivity index (χ0n) is 9.89. The van der Waals surface area contributed by atoms with Crippen molar-refractivity contribution in [2.45, 2.75) is 31.6 Å². The molecule has 1 aromatic rings. The SMILES string of the molecule is Cc1nccc(CNCC2CCCS2(=O)=O)n1. The lowest BCUT2D eigenvalue weighted by Gasteiger charge is -2.10. The highest BCUT2D eigenvalue weighted by atomic mass is 32.2. The van der Waals surface area contributed by atoms with Gasteiger partial charge in [-0.15, -0.1) is 0 Å². The van der Waals surface area contributed by atoms with Gasteiger partial charge in [-0.05, 0) is 25.8 Å². The molecule has 1 fully saturated rings. The number of hydrogen-bond donors (Lipinski definition) is 1. The fourth-order valence-electron chi connectivity index (χ4n) is 2.05. The van der Waals surface area contributed by atoms with Gasteiger partial charge in [0.15, 0.2) is 9.84 Å². The molecule has 0 aromatic carbocycles. The molecule has 1 unspecified atom stereocenters. The molecule has 1 aliphatic rings. The van der Waals surface area contributed by atoms with Gasteiger partial charge in [-0.3, -0.25) is 0 Å². The molecular formula is C11H17N3O2S. The molecule has 0 saturated carbocycles. The smallest absolute Gasteiger partial charge is 0.154 e. The number of nitrogens with one attached hydrogen (secondary N) is 1.